The van der Waals surface area contributed by atoms with Crippen molar-refractivity contribution in [3.63, 3.8) is 0 Å². The molecular weight excluding hydrogens is 440 g/mol. The van der Waals surface area contributed by atoms with Crippen LogP contribution in [0.15, 0.2) is 34.3 Å². The Morgan fingerprint density at radius 2 is 1.19 bits per heavy atom. The first-order valence-corrected chi connectivity index (χ1v) is 14.9. The van der Waals surface area contributed by atoms with Gasteiger partial charge in [-0.3, -0.25) is 9.98 Å². The van der Waals surface area contributed by atoms with Crippen LogP contribution < -0.4 is 10.6 Å². The molecule has 4 nitrogen and oxygen atoms in total. The van der Waals surface area contributed by atoms with Crippen LogP contribution in [0, 0.1) is 42.4 Å². The molecule has 0 saturated heterocycles. The van der Waals surface area contributed by atoms with Gasteiger partial charge in [0.2, 0.25) is 0 Å². The first-order valence-electron chi connectivity index (χ1n) is 14.9. The third-order valence-electron chi connectivity index (χ3n) is 10.7. The summed E-state index contributed by atoms with van der Waals surface area (Å²) >= 11 is 0. The Morgan fingerprint density at radius 1 is 0.722 bits per heavy atom. The van der Waals surface area contributed by atoms with Gasteiger partial charge in [-0.2, -0.15) is 0 Å². The molecule has 36 heavy (non-hydrogen) atoms. The minimum atomic E-state index is 0.341. The molecule has 8 bridgehead atoms. The number of rotatable bonds is 3. The van der Waals surface area contributed by atoms with E-state index >= 15 is 0 Å². The minimum absolute atomic E-state index is 0.341. The summed E-state index contributed by atoms with van der Waals surface area (Å²) in [7, 11) is 1.78. The molecule has 0 aromatic heterocycles. The lowest BCUT2D eigenvalue weighted by molar-refractivity contribution is -0.0118. The van der Waals surface area contributed by atoms with Gasteiger partial charge in [-0.15, -0.1) is 0 Å². The van der Waals surface area contributed by atoms with Gasteiger partial charge in [0.15, 0.2) is 0 Å². The Hall–Kier alpha value is -1.84. The van der Waals surface area contributed by atoms with Gasteiger partial charge in [0.05, 0.1) is 17.2 Å². The SMILES string of the molecule is CC(=NC12CC3CC(CC(C3)C1)C2)NC12CC3CC(CC(C3)C1)C2.CN=C(C)Nc1ccccc1C. The number of nitrogens with zero attached hydrogens (tertiary/aromatic N) is 2. The largest absolute Gasteiger partial charge is 0.369 e. The maximum absolute atomic E-state index is 5.45. The molecule has 0 spiro atoms. The molecule has 0 heterocycles. The van der Waals surface area contributed by atoms with Crippen molar-refractivity contribution in [2.75, 3.05) is 12.4 Å². The molecule has 0 unspecified atom stereocenters. The third kappa shape index (κ3) is 4.98. The van der Waals surface area contributed by atoms with E-state index in [1.165, 1.54) is 88.4 Å². The van der Waals surface area contributed by atoms with Crippen LogP contribution in [0.2, 0.25) is 0 Å². The van der Waals surface area contributed by atoms with Crippen LogP contribution in [-0.2, 0) is 0 Å². The van der Waals surface area contributed by atoms with Crippen molar-refractivity contribution < 1.29 is 0 Å². The van der Waals surface area contributed by atoms with E-state index in [1.807, 2.05) is 25.1 Å². The van der Waals surface area contributed by atoms with Crippen LogP contribution >= 0.6 is 0 Å². The molecule has 0 aliphatic heterocycles. The van der Waals surface area contributed by atoms with Crippen molar-refractivity contribution in [3.05, 3.63) is 29.8 Å². The smallest absolute Gasteiger partial charge is 0.0972 e. The Balaban J connectivity index is 0.000000171. The molecule has 8 fully saturated rings. The lowest BCUT2D eigenvalue weighted by Gasteiger charge is -2.58. The van der Waals surface area contributed by atoms with Gasteiger partial charge >= 0.3 is 0 Å². The molecule has 0 atom stereocenters. The van der Waals surface area contributed by atoms with Crippen molar-refractivity contribution >= 4 is 17.4 Å². The van der Waals surface area contributed by atoms with E-state index < -0.39 is 0 Å². The van der Waals surface area contributed by atoms with Crippen LogP contribution in [0.1, 0.15) is 96.5 Å². The summed E-state index contributed by atoms with van der Waals surface area (Å²) in [6.07, 6.45) is 17.7. The topological polar surface area (TPSA) is 48.8 Å². The molecule has 8 saturated carbocycles. The normalized spacial score (nSPS) is 42.2. The van der Waals surface area contributed by atoms with Crippen LogP contribution in [0.3, 0.4) is 0 Å². The molecule has 0 amide bonds. The first kappa shape index (κ1) is 24.5. The molecule has 8 aliphatic carbocycles. The Kier molecular flexibility index (Phi) is 6.45. The number of amidine groups is 2. The summed E-state index contributed by atoms with van der Waals surface area (Å²) in [5.41, 5.74) is 3.14. The van der Waals surface area contributed by atoms with E-state index in [0.717, 1.165) is 47.0 Å². The highest BCUT2D eigenvalue weighted by molar-refractivity contribution is 5.94. The maximum atomic E-state index is 5.45. The molecule has 1 aromatic rings. The second kappa shape index (κ2) is 9.48. The lowest BCUT2D eigenvalue weighted by atomic mass is 9.53. The molecule has 2 N–H and O–H groups in total. The van der Waals surface area contributed by atoms with Crippen LogP contribution in [0.4, 0.5) is 5.69 Å². The molecule has 8 aliphatic rings. The van der Waals surface area contributed by atoms with Crippen LogP contribution in [-0.4, -0.2) is 29.8 Å². The first-order chi connectivity index (χ1) is 17.3. The van der Waals surface area contributed by atoms with Crippen molar-refractivity contribution in [2.45, 2.75) is 109 Å². The highest BCUT2D eigenvalue weighted by Gasteiger charge is 2.53. The molecule has 4 heteroatoms. The van der Waals surface area contributed by atoms with Crippen molar-refractivity contribution in [2.24, 2.45) is 45.5 Å². The maximum Gasteiger partial charge on any atom is 0.0972 e. The monoisotopic (exact) mass is 488 g/mol. The molecule has 9 rings (SSSR count). The van der Waals surface area contributed by atoms with Gasteiger partial charge in [0.25, 0.3) is 0 Å². The van der Waals surface area contributed by atoms with E-state index in [2.05, 4.69) is 35.5 Å². The zero-order valence-corrected chi connectivity index (χ0v) is 23.2. The number of nitrogens with one attached hydrogen (secondary N) is 2. The van der Waals surface area contributed by atoms with Crippen molar-refractivity contribution in [1.29, 1.82) is 0 Å². The molecular formula is C32H48N4. The highest BCUT2D eigenvalue weighted by atomic mass is 15.1. The number of aryl methyl sites for hydroxylation is 1. The second-order valence-electron chi connectivity index (χ2n) is 13.9. The highest BCUT2D eigenvalue weighted by Crippen LogP contribution is 2.58. The summed E-state index contributed by atoms with van der Waals surface area (Å²) < 4.78 is 0. The van der Waals surface area contributed by atoms with E-state index in [9.17, 15) is 0 Å². The molecule has 0 radical (unpaired) electrons. The number of benzene rings is 1. The number of aliphatic imine (C=N–C) groups is 2. The summed E-state index contributed by atoms with van der Waals surface area (Å²) in [4.78, 5) is 9.48. The summed E-state index contributed by atoms with van der Waals surface area (Å²) in [6, 6.07) is 8.16. The van der Waals surface area contributed by atoms with Crippen molar-refractivity contribution in [1.82, 2.24) is 5.32 Å². The zero-order chi connectivity index (χ0) is 24.9. The van der Waals surface area contributed by atoms with E-state index in [-0.39, 0.29) is 0 Å². The van der Waals surface area contributed by atoms with Crippen LogP contribution in [0.5, 0.6) is 0 Å². The fourth-order valence-electron chi connectivity index (χ4n) is 10.2. The van der Waals surface area contributed by atoms with Gasteiger partial charge in [-0.05, 0) is 145 Å². The average Bonchev–Trinajstić information content (AvgIpc) is 2.78. The zero-order valence-electron chi connectivity index (χ0n) is 23.2. The second-order valence-corrected chi connectivity index (χ2v) is 13.9. The van der Waals surface area contributed by atoms with Crippen molar-refractivity contribution in [3.8, 4) is 0 Å². The quantitative estimate of drug-likeness (QED) is 0.344. The molecule has 196 valence electrons. The number of para-hydroxylation sites is 1. The number of anilines is 1. The third-order valence-corrected chi connectivity index (χ3v) is 10.7. The van der Waals surface area contributed by atoms with Crippen LogP contribution in [0.25, 0.3) is 0 Å². The van der Waals surface area contributed by atoms with Gasteiger partial charge < -0.3 is 10.6 Å². The number of hydrogen-bond donors (Lipinski definition) is 2. The fraction of sp³-hybridized carbons (Fsp3) is 0.750. The van der Waals surface area contributed by atoms with Gasteiger partial charge in [-0.25, -0.2) is 0 Å². The Bertz CT molecular complexity index is 950. The standard InChI is InChI=1S/C22H34N2.C10H14N2/c1-14(23-21-8-15-2-16(9-21)4-17(3-15)10-21)24-22-11-18-5-19(12-22)7-20(6-18)13-22;1-8-6-4-5-7-10(8)12-9(2)11-3/h15-20H,2-13H2,1H3,(H,23,24);4-7H,1-3H3,(H,11,12). The predicted octanol–water partition coefficient (Wildman–Crippen LogP) is 7.39. The lowest BCUT2D eigenvalue weighted by Crippen LogP contribution is -2.60. The minimum Gasteiger partial charge on any atom is -0.369 e. The fourth-order valence-corrected chi connectivity index (χ4v) is 10.2. The van der Waals surface area contributed by atoms with Gasteiger partial charge in [-0.1, -0.05) is 18.2 Å². The van der Waals surface area contributed by atoms with E-state index in [1.54, 1.807) is 7.05 Å². The Labute approximate surface area is 219 Å². The average molecular weight is 489 g/mol. The van der Waals surface area contributed by atoms with E-state index in [0.29, 0.717) is 11.1 Å². The summed E-state index contributed by atoms with van der Waals surface area (Å²) in [5.74, 6) is 8.33. The predicted molar refractivity (Wildman–Crippen MR) is 152 cm³/mol. The van der Waals surface area contributed by atoms with Gasteiger partial charge in [0.1, 0.15) is 0 Å². The van der Waals surface area contributed by atoms with Gasteiger partial charge in [0, 0.05) is 18.3 Å². The number of hydrogen-bond acceptors (Lipinski definition) is 2. The van der Waals surface area contributed by atoms with E-state index in [4.69, 9.17) is 4.99 Å². The summed E-state index contributed by atoms with van der Waals surface area (Å²) in [5, 5.41) is 7.26. The molecule has 1 aromatic carbocycles. The Morgan fingerprint density at radius 3 is 1.67 bits per heavy atom. The summed E-state index contributed by atoms with van der Waals surface area (Å²) in [6.45, 7) is 6.33.